The van der Waals surface area contributed by atoms with Gasteiger partial charge < -0.3 is 71.8 Å². The monoisotopic (exact) mass is 916 g/mol. The number of aromatic amines is 1. The summed E-state index contributed by atoms with van der Waals surface area (Å²) in [6.07, 6.45) is -5.51. The van der Waals surface area contributed by atoms with E-state index in [1.165, 1.54) is 24.3 Å². The van der Waals surface area contributed by atoms with Gasteiger partial charge in [0.1, 0.15) is 13.3 Å². The lowest BCUT2D eigenvalue weighted by atomic mass is 10.0. The number of halogens is 3. The number of benzene rings is 2. The zero-order valence-electron chi connectivity index (χ0n) is 36.0. The summed E-state index contributed by atoms with van der Waals surface area (Å²) < 4.78 is 106. The molecule has 64 heavy (non-hydrogen) atoms. The molecule has 21 heteroatoms. The first kappa shape index (κ1) is 52.4. The van der Waals surface area contributed by atoms with Crippen LogP contribution < -0.4 is 10.5 Å². The Kier molecular flexibility index (Phi) is 24.6. The fourth-order valence-corrected chi connectivity index (χ4v) is 6.19. The zero-order chi connectivity index (χ0) is 45.8. The number of alkyl halides is 3. The Hall–Kier alpha value is -4.26. The lowest BCUT2D eigenvalue weighted by Gasteiger charge is -2.21. The van der Waals surface area contributed by atoms with Gasteiger partial charge in [-0.1, -0.05) is 24.3 Å². The van der Waals surface area contributed by atoms with Gasteiger partial charge in [-0.25, -0.2) is 9.59 Å². The average molecular weight is 917 g/mol. The lowest BCUT2D eigenvalue weighted by Crippen LogP contribution is -2.31. The predicted octanol–water partition coefficient (Wildman–Crippen LogP) is 3.56. The smallest absolute Gasteiger partial charge is 0.417 e. The molecule has 1 fully saturated rings. The van der Waals surface area contributed by atoms with Crippen molar-refractivity contribution in [3.05, 3.63) is 64.4 Å². The molecule has 0 bridgehead atoms. The molecule has 0 radical (unpaired) electrons. The van der Waals surface area contributed by atoms with Gasteiger partial charge in [-0.3, -0.25) is 4.79 Å². The first-order valence-electron chi connectivity index (χ1n) is 20.9. The molecule has 0 aliphatic carbocycles. The number of carboxylic acids is 1. The summed E-state index contributed by atoms with van der Waals surface area (Å²) in [4.78, 5) is 40.2. The van der Waals surface area contributed by atoms with Gasteiger partial charge in [-0.15, -0.1) is 0 Å². The van der Waals surface area contributed by atoms with Crippen molar-refractivity contribution in [3.8, 4) is 11.3 Å². The third-order valence-corrected chi connectivity index (χ3v) is 9.33. The largest absolute Gasteiger partial charge is 0.473 e. The first-order chi connectivity index (χ1) is 31.1. The standard InChI is InChI=1S/C43H59F3N2O16/c1-53-8-9-54-10-11-55-12-13-56-14-15-57-16-17-58-18-19-59-20-21-60-22-23-61-24-25-62-35(30-63-42(52)41(50)51)28-34-29-48(31-64-34)33-7-6-32-26-39(47-40(49)37(32)27-33)36-4-2-3-5-38(36)43(44,45)46/h2-7,26-27,34-35H,8-25,28-31H2,1H3,(H,47,49)(H,50,51)/t34-,35?/m0/s1. The van der Waals surface area contributed by atoms with E-state index in [9.17, 15) is 27.6 Å². The van der Waals surface area contributed by atoms with Crippen molar-refractivity contribution in [3.63, 3.8) is 0 Å². The van der Waals surface area contributed by atoms with Crippen LogP contribution in [0.15, 0.2) is 53.3 Å². The molecular formula is C43H59F3N2O16. The number of carboxylic acid groups (broad SMARTS) is 1. The van der Waals surface area contributed by atoms with E-state index < -0.39 is 41.4 Å². The molecule has 3 aromatic rings. The molecule has 1 aliphatic rings. The number of hydrogen-bond donors (Lipinski definition) is 2. The van der Waals surface area contributed by atoms with E-state index >= 15 is 0 Å². The number of esters is 1. The second-order valence-electron chi connectivity index (χ2n) is 14.0. The molecule has 1 unspecified atom stereocenters. The molecule has 0 amide bonds. The van der Waals surface area contributed by atoms with Gasteiger partial charge in [0.25, 0.3) is 5.56 Å². The molecular weight excluding hydrogens is 857 g/mol. The maximum atomic E-state index is 13.7. The number of carbonyl (C=O) groups is 2. The van der Waals surface area contributed by atoms with Gasteiger partial charge in [0.15, 0.2) is 0 Å². The van der Waals surface area contributed by atoms with Crippen molar-refractivity contribution in [2.24, 2.45) is 0 Å². The summed E-state index contributed by atoms with van der Waals surface area (Å²) in [7, 11) is 1.62. The number of carbonyl (C=O) groups excluding carboxylic acids is 1. The zero-order valence-corrected chi connectivity index (χ0v) is 36.0. The van der Waals surface area contributed by atoms with Crippen molar-refractivity contribution in [1.82, 2.24) is 4.98 Å². The quantitative estimate of drug-likeness (QED) is 0.0500. The van der Waals surface area contributed by atoms with Crippen LogP contribution in [0.1, 0.15) is 12.0 Å². The number of ether oxygens (including phenoxy) is 12. The van der Waals surface area contributed by atoms with E-state index in [0.717, 1.165) is 6.07 Å². The number of methoxy groups -OCH3 is 1. The molecule has 1 aliphatic heterocycles. The number of anilines is 1. The molecule has 358 valence electrons. The average Bonchev–Trinajstić information content (AvgIpc) is 3.75. The van der Waals surface area contributed by atoms with Crippen LogP contribution in [0.3, 0.4) is 0 Å². The SMILES string of the molecule is COCCOCCOCCOCCOCCOCCOCCOCCOCCOC(COC(=O)C(=O)O)C[C@H]1CN(c2ccc3cc(-c4ccccc4C(F)(F)F)[nH]c(=O)c3c2)CO1. The molecule has 0 spiro atoms. The number of pyridine rings is 1. The summed E-state index contributed by atoms with van der Waals surface area (Å²) >= 11 is 0. The highest BCUT2D eigenvalue weighted by molar-refractivity contribution is 6.28. The van der Waals surface area contributed by atoms with E-state index in [4.69, 9.17) is 61.9 Å². The Morgan fingerprint density at radius 1 is 0.750 bits per heavy atom. The Labute approximate surface area is 369 Å². The Morgan fingerprint density at radius 3 is 1.78 bits per heavy atom. The van der Waals surface area contributed by atoms with Gasteiger partial charge in [0.05, 0.1) is 137 Å². The summed E-state index contributed by atoms with van der Waals surface area (Å²) in [5, 5.41) is 9.70. The molecule has 0 saturated carbocycles. The molecule has 2 atom stereocenters. The maximum Gasteiger partial charge on any atom is 0.417 e. The maximum absolute atomic E-state index is 13.7. The molecule has 4 rings (SSSR count). The highest BCUT2D eigenvalue weighted by Crippen LogP contribution is 2.37. The number of aromatic nitrogens is 1. The second-order valence-corrected chi connectivity index (χ2v) is 14.0. The number of nitrogens with one attached hydrogen (secondary N) is 1. The Morgan fingerprint density at radius 2 is 1.27 bits per heavy atom. The van der Waals surface area contributed by atoms with E-state index in [1.54, 1.807) is 25.3 Å². The van der Waals surface area contributed by atoms with Gasteiger partial charge in [-0.2, -0.15) is 13.2 Å². The fraction of sp³-hybridized carbons (Fsp3) is 0.605. The van der Waals surface area contributed by atoms with E-state index in [1.807, 2.05) is 4.90 Å². The number of nitrogens with zero attached hydrogens (tertiary/aromatic N) is 1. The van der Waals surface area contributed by atoms with Crippen LogP contribution in [0.5, 0.6) is 0 Å². The van der Waals surface area contributed by atoms with Crippen LogP contribution in [0.4, 0.5) is 18.9 Å². The summed E-state index contributed by atoms with van der Waals surface area (Å²) in [5.41, 5.74) is -0.860. The number of fused-ring (bicyclic) bond motifs is 1. The third kappa shape index (κ3) is 19.9. The Balaban J connectivity index is 1.04. The van der Waals surface area contributed by atoms with Gasteiger partial charge in [0, 0.05) is 42.4 Å². The normalized spacial score (nSPS) is 14.7. The summed E-state index contributed by atoms with van der Waals surface area (Å²) in [6, 6.07) is 11.6. The van der Waals surface area contributed by atoms with Crippen LogP contribution in [0, 0.1) is 0 Å². The number of aliphatic carboxylic acids is 1. The predicted molar refractivity (Wildman–Crippen MR) is 223 cm³/mol. The van der Waals surface area contributed by atoms with Crippen molar-refractivity contribution >= 4 is 28.4 Å². The fourth-order valence-electron chi connectivity index (χ4n) is 6.19. The minimum Gasteiger partial charge on any atom is -0.473 e. The number of H-pyrrole nitrogens is 1. The molecule has 2 aromatic carbocycles. The van der Waals surface area contributed by atoms with Gasteiger partial charge >= 0.3 is 18.1 Å². The second kappa shape index (κ2) is 30.0. The minimum absolute atomic E-state index is 0.0448. The number of rotatable bonds is 34. The first-order valence-corrected chi connectivity index (χ1v) is 20.9. The molecule has 18 nitrogen and oxygen atoms in total. The van der Waals surface area contributed by atoms with Crippen molar-refractivity contribution in [2.45, 2.75) is 24.8 Å². The minimum atomic E-state index is -4.60. The highest BCUT2D eigenvalue weighted by atomic mass is 19.4. The van der Waals surface area contributed by atoms with Crippen LogP contribution in [-0.2, 0) is 72.6 Å². The van der Waals surface area contributed by atoms with Crippen molar-refractivity contribution < 1.29 is 84.7 Å². The molecule has 2 heterocycles. The third-order valence-electron chi connectivity index (χ3n) is 9.33. The van der Waals surface area contributed by atoms with Crippen LogP contribution in [0.2, 0.25) is 0 Å². The van der Waals surface area contributed by atoms with E-state index in [0.29, 0.717) is 117 Å². The van der Waals surface area contributed by atoms with Crippen LogP contribution in [-0.4, -0.2) is 180 Å². The van der Waals surface area contributed by atoms with Gasteiger partial charge in [0.2, 0.25) is 0 Å². The van der Waals surface area contributed by atoms with Crippen LogP contribution in [0.25, 0.3) is 22.0 Å². The molecule has 1 aromatic heterocycles. The number of hydrogen-bond acceptors (Lipinski definition) is 16. The van der Waals surface area contributed by atoms with Crippen LogP contribution >= 0.6 is 0 Å². The molecule has 2 N–H and O–H groups in total. The lowest BCUT2D eigenvalue weighted by molar-refractivity contribution is -0.167. The molecule has 1 saturated heterocycles. The summed E-state index contributed by atoms with van der Waals surface area (Å²) in [5.74, 6) is -3.15. The highest BCUT2D eigenvalue weighted by Gasteiger charge is 2.34. The van der Waals surface area contributed by atoms with E-state index in [-0.39, 0.29) is 56.2 Å². The van der Waals surface area contributed by atoms with Crippen molar-refractivity contribution in [1.29, 1.82) is 0 Å². The Bertz CT molecular complexity index is 1850. The van der Waals surface area contributed by atoms with Gasteiger partial charge in [-0.05, 0) is 29.7 Å². The van der Waals surface area contributed by atoms with E-state index in [2.05, 4.69) is 4.98 Å². The topological polar surface area (TPSA) is 201 Å². The summed E-state index contributed by atoms with van der Waals surface area (Å²) in [6.45, 7) is 7.56. The van der Waals surface area contributed by atoms with Crippen molar-refractivity contribution in [2.75, 3.05) is 151 Å².